The predicted molar refractivity (Wildman–Crippen MR) is 71.5 cm³/mol. The number of carbonyl (C=O) groups excluding carboxylic acids is 1. The van der Waals surface area contributed by atoms with Crippen LogP contribution in [0.25, 0.3) is 0 Å². The van der Waals surface area contributed by atoms with E-state index in [4.69, 9.17) is 0 Å². The molecule has 2 rings (SSSR count). The fourth-order valence-electron chi connectivity index (χ4n) is 1.86. The van der Waals surface area contributed by atoms with Crippen LogP contribution in [0.3, 0.4) is 0 Å². The minimum atomic E-state index is -0.562. The normalized spacial score (nSPS) is 12.1. The van der Waals surface area contributed by atoms with Crippen LogP contribution in [0.2, 0.25) is 0 Å². The van der Waals surface area contributed by atoms with Gasteiger partial charge in [-0.25, -0.2) is 9.07 Å². The van der Waals surface area contributed by atoms with Crippen LogP contribution in [-0.4, -0.2) is 37.8 Å². The number of hydrogen-bond acceptors (Lipinski definition) is 5. The Morgan fingerprint density at radius 2 is 2.14 bits per heavy atom. The van der Waals surface area contributed by atoms with Crippen LogP contribution in [0.5, 0.6) is 0 Å². The summed E-state index contributed by atoms with van der Waals surface area (Å²) in [6.45, 7) is 1.83. The summed E-state index contributed by atoms with van der Waals surface area (Å²) in [6.07, 6.45) is 0.184. The standard InChI is InChI=1S/C13H16FN5O2/c1-9-16-17-18-19(9)7-6-13(21)15-12(8-20)10-2-4-11(14)5-3-10/h2-5,12,20H,6-8H2,1H3,(H,15,21)/t12-/m1/s1. The Kier molecular flexibility index (Phi) is 4.94. The molecule has 2 N–H and O–H groups in total. The fourth-order valence-corrected chi connectivity index (χ4v) is 1.86. The maximum atomic E-state index is 12.9. The third-order valence-electron chi connectivity index (χ3n) is 3.05. The van der Waals surface area contributed by atoms with Gasteiger partial charge in [-0.15, -0.1) is 5.10 Å². The molecule has 0 aliphatic heterocycles. The number of amides is 1. The number of aliphatic hydroxyl groups is 1. The van der Waals surface area contributed by atoms with E-state index in [1.165, 1.54) is 28.9 Å². The van der Waals surface area contributed by atoms with Crippen LogP contribution in [0, 0.1) is 12.7 Å². The Balaban J connectivity index is 1.90. The minimum Gasteiger partial charge on any atom is -0.394 e. The molecule has 1 amide bonds. The molecule has 0 radical (unpaired) electrons. The van der Waals surface area contributed by atoms with Gasteiger partial charge >= 0.3 is 0 Å². The summed E-state index contributed by atoms with van der Waals surface area (Å²) in [5.41, 5.74) is 0.644. The van der Waals surface area contributed by atoms with Gasteiger partial charge in [0.1, 0.15) is 11.6 Å². The third kappa shape index (κ3) is 4.06. The molecule has 0 aliphatic carbocycles. The van der Waals surface area contributed by atoms with E-state index < -0.39 is 6.04 Å². The number of aromatic nitrogens is 4. The molecule has 8 heteroatoms. The fraction of sp³-hybridized carbons (Fsp3) is 0.385. The van der Waals surface area contributed by atoms with Crippen molar-refractivity contribution in [3.63, 3.8) is 0 Å². The van der Waals surface area contributed by atoms with E-state index in [1.807, 2.05) is 0 Å². The Morgan fingerprint density at radius 3 is 2.71 bits per heavy atom. The van der Waals surface area contributed by atoms with Gasteiger partial charge in [-0.05, 0) is 35.0 Å². The zero-order valence-corrected chi connectivity index (χ0v) is 11.5. The molecule has 0 saturated carbocycles. The second kappa shape index (κ2) is 6.89. The van der Waals surface area contributed by atoms with E-state index >= 15 is 0 Å². The number of nitrogens with zero attached hydrogens (tertiary/aromatic N) is 4. The Bertz CT molecular complexity index is 599. The van der Waals surface area contributed by atoms with Gasteiger partial charge in [-0.2, -0.15) is 0 Å². The molecule has 0 bridgehead atoms. The lowest BCUT2D eigenvalue weighted by Gasteiger charge is -2.16. The van der Waals surface area contributed by atoms with Crippen LogP contribution in [-0.2, 0) is 11.3 Å². The number of hydrogen-bond donors (Lipinski definition) is 2. The molecule has 0 saturated heterocycles. The van der Waals surface area contributed by atoms with E-state index in [2.05, 4.69) is 20.8 Å². The van der Waals surface area contributed by atoms with Crippen molar-refractivity contribution in [1.29, 1.82) is 0 Å². The lowest BCUT2D eigenvalue weighted by molar-refractivity contribution is -0.122. The summed E-state index contributed by atoms with van der Waals surface area (Å²) >= 11 is 0. The molecule has 0 unspecified atom stereocenters. The van der Waals surface area contributed by atoms with Gasteiger partial charge in [0, 0.05) is 6.42 Å². The van der Waals surface area contributed by atoms with Crippen LogP contribution < -0.4 is 5.32 Å². The summed E-state index contributed by atoms with van der Waals surface area (Å²) < 4.78 is 14.4. The first kappa shape index (κ1) is 15.0. The van der Waals surface area contributed by atoms with Crippen LogP contribution in [0.15, 0.2) is 24.3 Å². The smallest absolute Gasteiger partial charge is 0.222 e. The highest BCUT2D eigenvalue weighted by atomic mass is 19.1. The first-order valence-electron chi connectivity index (χ1n) is 6.48. The molecule has 0 spiro atoms. The SMILES string of the molecule is Cc1nnnn1CCC(=O)N[C@H](CO)c1ccc(F)cc1. The molecular weight excluding hydrogens is 277 g/mol. The lowest BCUT2D eigenvalue weighted by Crippen LogP contribution is -2.31. The van der Waals surface area contributed by atoms with Crippen molar-refractivity contribution in [2.45, 2.75) is 25.9 Å². The third-order valence-corrected chi connectivity index (χ3v) is 3.05. The summed E-state index contributed by atoms with van der Waals surface area (Å²) in [6, 6.07) is 5.07. The van der Waals surface area contributed by atoms with Crippen molar-refractivity contribution in [2.24, 2.45) is 0 Å². The summed E-state index contributed by atoms with van der Waals surface area (Å²) in [7, 11) is 0. The zero-order chi connectivity index (χ0) is 15.2. The first-order chi connectivity index (χ1) is 10.1. The second-order valence-electron chi connectivity index (χ2n) is 4.55. The maximum Gasteiger partial charge on any atom is 0.222 e. The van der Waals surface area contributed by atoms with Crippen molar-refractivity contribution in [1.82, 2.24) is 25.5 Å². The van der Waals surface area contributed by atoms with E-state index in [0.717, 1.165) is 0 Å². The maximum absolute atomic E-state index is 12.9. The Hall–Kier alpha value is -2.35. The van der Waals surface area contributed by atoms with Crippen molar-refractivity contribution in [3.8, 4) is 0 Å². The van der Waals surface area contributed by atoms with Crippen LogP contribution in [0.4, 0.5) is 4.39 Å². The molecule has 112 valence electrons. The number of aryl methyl sites for hydroxylation is 2. The molecule has 1 atom stereocenters. The molecule has 1 aromatic heterocycles. The molecule has 0 aliphatic rings. The number of halogens is 1. The second-order valence-corrected chi connectivity index (χ2v) is 4.55. The van der Waals surface area contributed by atoms with Crippen molar-refractivity contribution in [3.05, 3.63) is 41.5 Å². The lowest BCUT2D eigenvalue weighted by atomic mass is 10.1. The number of aliphatic hydroxyl groups excluding tert-OH is 1. The van der Waals surface area contributed by atoms with Crippen molar-refractivity contribution < 1.29 is 14.3 Å². The quantitative estimate of drug-likeness (QED) is 0.802. The predicted octanol–water partition coefficient (Wildman–Crippen LogP) is 0.361. The average molecular weight is 293 g/mol. The van der Waals surface area contributed by atoms with Gasteiger partial charge in [-0.3, -0.25) is 4.79 Å². The van der Waals surface area contributed by atoms with Crippen molar-refractivity contribution in [2.75, 3.05) is 6.61 Å². The molecule has 2 aromatic rings. The van der Waals surface area contributed by atoms with E-state index in [-0.39, 0.29) is 24.8 Å². The monoisotopic (exact) mass is 293 g/mol. The summed E-state index contributed by atoms with van der Waals surface area (Å²) in [4.78, 5) is 11.9. The first-order valence-corrected chi connectivity index (χ1v) is 6.48. The highest BCUT2D eigenvalue weighted by Crippen LogP contribution is 2.13. The number of rotatable bonds is 6. The topological polar surface area (TPSA) is 92.9 Å². The number of tetrazole rings is 1. The highest BCUT2D eigenvalue weighted by molar-refractivity contribution is 5.76. The Labute approximate surface area is 120 Å². The van der Waals surface area contributed by atoms with E-state index in [0.29, 0.717) is 17.9 Å². The molecule has 1 heterocycles. The van der Waals surface area contributed by atoms with Gasteiger partial charge in [-0.1, -0.05) is 12.1 Å². The highest BCUT2D eigenvalue weighted by Gasteiger charge is 2.14. The number of benzene rings is 1. The summed E-state index contributed by atoms with van der Waals surface area (Å²) in [5.74, 6) is 0.0178. The van der Waals surface area contributed by atoms with Gasteiger partial charge in [0.15, 0.2) is 0 Å². The van der Waals surface area contributed by atoms with Gasteiger partial charge < -0.3 is 10.4 Å². The van der Waals surface area contributed by atoms with Gasteiger partial charge in [0.05, 0.1) is 19.2 Å². The van der Waals surface area contributed by atoms with Gasteiger partial charge in [0.2, 0.25) is 5.91 Å². The molecule has 7 nitrogen and oxygen atoms in total. The number of carbonyl (C=O) groups is 1. The van der Waals surface area contributed by atoms with E-state index in [1.54, 1.807) is 6.92 Å². The Morgan fingerprint density at radius 1 is 1.43 bits per heavy atom. The van der Waals surface area contributed by atoms with Crippen LogP contribution in [0.1, 0.15) is 23.9 Å². The zero-order valence-electron chi connectivity index (χ0n) is 11.5. The largest absolute Gasteiger partial charge is 0.394 e. The molecule has 0 fully saturated rings. The van der Waals surface area contributed by atoms with E-state index in [9.17, 15) is 14.3 Å². The van der Waals surface area contributed by atoms with Gasteiger partial charge in [0.25, 0.3) is 0 Å². The molecule has 21 heavy (non-hydrogen) atoms. The van der Waals surface area contributed by atoms with Crippen LogP contribution >= 0.6 is 0 Å². The average Bonchev–Trinajstić information content (AvgIpc) is 2.89. The number of nitrogens with one attached hydrogen (secondary N) is 1. The molecule has 1 aromatic carbocycles. The van der Waals surface area contributed by atoms with Crippen molar-refractivity contribution >= 4 is 5.91 Å². The summed E-state index contributed by atoms with van der Waals surface area (Å²) in [5, 5.41) is 23.0. The minimum absolute atomic E-state index is 0.184. The molecular formula is C13H16FN5O2.